The second-order valence-electron chi connectivity index (χ2n) is 5.79. The van der Waals surface area contributed by atoms with Crippen molar-refractivity contribution in [3.63, 3.8) is 0 Å². The maximum Gasteiger partial charge on any atom is 0.258 e. The third-order valence-electron chi connectivity index (χ3n) is 4.24. The van der Waals surface area contributed by atoms with Crippen LogP contribution < -0.4 is 10.9 Å². The van der Waals surface area contributed by atoms with E-state index in [4.69, 9.17) is 4.98 Å². The summed E-state index contributed by atoms with van der Waals surface area (Å²) < 4.78 is 1.62. The molecule has 1 aliphatic rings. The molecule has 5 nitrogen and oxygen atoms in total. The van der Waals surface area contributed by atoms with Crippen molar-refractivity contribution in [2.75, 3.05) is 20.1 Å². The Bertz CT molecular complexity index is 700. The van der Waals surface area contributed by atoms with Crippen molar-refractivity contribution >= 4 is 18.1 Å². The van der Waals surface area contributed by atoms with Crippen molar-refractivity contribution in [3.05, 3.63) is 46.0 Å². The molecule has 1 atom stereocenters. The zero-order valence-electron chi connectivity index (χ0n) is 13.1. The summed E-state index contributed by atoms with van der Waals surface area (Å²) in [6.07, 6.45) is 4.21. The van der Waals surface area contributed by atoms with E-state index in [1.807, 2.05) is 26.1 Å². The fourth-order valence-electron chi connectivity index (χ4n) is 3.17. The molecule has 1 N–H and O–H groups in total. The lowest BCUT2D eigenvalue weighted by molar-refractivity contribution is 0.239. The summed E-state index contributed by atoms with van der Waals surface area (Å²) in [5.41, 5.74) is 2.68. The summed E-state index contributed by atoms with van der Waals surface area (Å²) in [6, 6.07) is 6.09. The Labute approximate surface area is 136 Å². The molecular formula is C16H23ClN4O. The zero-order chi connectivity index (χ0) is 14.8. The summed E-state index contributed by atoms with van der Waals surface area (Å²) in [5.74, 6) is 0. The number of hydrogen-bond acceptors (Lipinski definition) is 4. The minimum Gasteiger partial charge on any atom is -0.318 e. The first-order valence-corrected chi connectivity index (χ1v) is 7.55. The van der Waals surface area contributed by atoms with Gasteiger partial charge in [-0.2, -0.15) is 0 Å². The number of nitrogens with one attached hydrogen (secondary N) is 1. The maximum atomic E-state index is 12.2. The van der Waals surface area contributed by atoms with Gasteiger partial charge in [-0.1, -0.05) is 6.07 Å². The molecular weight excluding hydrogens is 300 g/mol. The summed E-state index contributed by atoms with van der Waals surface area (Å²) in [5, 5.41) is 3.25. The third-order valence-corrected chi connectivity index (χ3v) is 4.24. The SMILES string of the molecule is CNCC1CCCN1Cc1cc(=O)n2cccc(C)c2n1.Cl. The molecule has 22 heavy (non-hydrogen) atoms. The van der Waals surface area contributed by atoms with E-state index >= 15 is 0 Å². The molecule has 0 saturated carbocycles. The molecule has 2 aromatic rings. The number of hydrogen-bond donors (Lipinski definition) is 1. The van der Waals surface area contributed by atoms with Crippen molar-refractivity contribution in [1.82, 2.24) is 19.6 Å². The summed E-state index contributed by atoms with van der Waals surface area (Å²) in [6.45, 7) is 4.82. The highest BCUT2D eigenvalue weighted by Gasteiger charge is 2.24. The van der Waals surface area contributed by atoms with E-state index in [0.29, 0.717) is 6.04 Å². The normalized spacial score (nSPS) is 18.5. The van der Waals surface area contributed by atoms with Gasteiger partial charge in [0.05, 0.1) is 5.69 Å². The van der Waals surface area contributed by atoms with Gasteiger partial charge in [-0.15, -0.1) is 12.4 Å². The van der Waals surface area contributed by atoms with Gasteiger partial charge in [-0.25, -0.2) is 4.98 Å². The quantitative estimate of drug-likeness (QED) is 0.929. The number of halogens is 1. The number of fused-ring (bicyclic) bond motifs is 1. The van der Waals surface area contributed by atoms with Crippen LogP contribution in [0.4, 0.5) is 0 Å². The van der Waals surface area contributed by atoms with Gasteiger partial charge in [-0.05, 0) is 45.0 Å². The van der Waals surface area contributed by atoms with Crippen LogP contribution in [0.1, 0.15) is 24.1 Å². The second kappa shape index (κ2) is 7.22. The van der Waals surface area contributed by atoms with Crippen LogP contribution in [0.5, 0.6) is 0 Å². The molecule has 1 unspecified atom stereocenters. The first kappa shape index (κ1) is 16.9. The molecule has 6 heteroatoms. The Morgan fingerprint density at radius 2 is 2.27 bits per heavy atom. The van der Waals surface area contributed by atoms with E-state index < -0.39 is 0 Å². The average molecular weight is 323 g/mol. The highest BCUT2D eigenvalue weighted by atomic mass is 35.5. The Hall–Kier alpha value is -1.43. The van der Waals surface area contributed by atoms with Crippen LogP contribution in [0.25, 0.3) is 5.65 Å². The Balaban J connectivity index is 0.00000176. The Morgan fingerprint density at radius 1 is 1.45 bits per heavy atom. The van der Waals surface area contributed by atoms with E-state index in [-0.39, 0.29) is 18.0 Å². The molecule has 120 valence electrons. The van der Waals surface area contributed by atoms with Crippen LogP contribution in [0.3, 0.4) is 0 Å². The lowest BCUT2D eigenvalue weighted by Crippen LogP contribution is -2.36. The Morgan fingerprint density at radius 3 is 3.05 bits per heavy atom. The summed E-state index contributed by atoms with van der Waals surface area (Å²) >= 11 is 0. The van der Waals surface area contributed by atoms with Crippen molar-refractivity contribution < 1.29 is 0 Å². The van der Waals surface area contributed by atoms with Crippen LogP contribution in [-0.2, 0) is 6.54 Å². The molecule has 1 saturated heterocycles. The number of nitrogens with zero attached hydrogens (tertiary/aromatic N) is 3. The largest absolute Gasteiger partial charge is 0.318 e. The average Bonchev–Trinajstić information content (AvgIpc) is 2.88. The molecule has 0 bridgehead atoms. The lowest BCUT2D eigenvalue weighted by Gasteiger charge is -2.23. The van der Waals surface area contributed by atoms with Crippen LogP contribution in [0.15, 0.2) is 29.2 Å². The van der Waals surface area contributed by atoms with Crippen LogP contribution in [0.2, 0.25) is 0 Å². The molecule has 0 aromatic carbocycles. The fourth-order valence-corrected chi connectivity index (χ4v) is 3.17. The minimum absolute atomic E-state index is 0. The standard InChI is InChI=1S/C16H22N4O.ClH/c1-12-5-3-8-20-15(21)9-13(18-16(12)20)11-19-7-4-6-14(19)10-17-2;/h3,5,8-9,14,17H,4,6-7,10-11H2,1-2H3;1H. The summed E-state index contributed by atoms with van der Waals surface area (Å²) in [4.78, 5) is 19.3. The van der Waals surface area contributed by atoms with Crippen molar-refractivity contribution in [2.45, 2.75) is 32.4 Å². The molecule has 1 aliphatic heterocycles. The molecule has 0 amide bonds. The van der Waals surface area contributed by atoms with E-state index in [0.717, 1.165) is 36.5 Å². The third kappa shape index (κ3) is 3.32. The molecule has 0 aliphatic carbocycles. The van der Waals surface area contributed by atoms with Gasteiger partial charge in [0, 0.05) is 31.4 Å². The first-order valence-electron chi connectivity index (χ1n) is 7.55. The van der Waals surface area contributed by atoms with Crippen LogP contribution in [-0.4, -0.2) is 40.5 Å². The van der Waals surface area contributed by atoms with E-state index in [2.05, 4.69) is 10.2 Å². The second-order valence-corrected chi connectivity index (χ2v) is 5.79. The highest BCUT2D eigenvalue weighted by molar-refractivity contribution is 5.85. The number of likely N-dealkylation sites (N-methyl/N-ethyl adjacent to an activating group) is 1. The van der Waals surface area contributed by atoms with Gasteiger partial charge in [0.2, 0.25) is 0 Å². The highest BCUT2D eigenvalue weighted by Crippen LogP contribution is 2.19. The van der Waals surface area contributed by atoms with Gasteiger partial charge >= 0.3 is 0 Å². The van der Waals surface area contributed by atoms with E-state index in [1.165, 1.54) is 12.8 Å². The zero-order valence-corrected chi connectivity index (χ0v) is 13.9. The van der Waals surface area contributed by atoms with Gasteiger partial charge in [0.15, 0.2) is 0 Å². The fraction of sp³-hybridized carbons (Fsp3) is 0.500. The van der Waals surface area contributed by atoms with E-state index in [1.54, 1.807) is 16.7 Å². The van der Waals surface area contributed by atoms with Gasteiger partial charge < -0.3 is 5.32 Å². The van der Waals surface area contributed by atoms with Crippen LogP contribution in [0, 0.1) is 6.92 Å². The van der Waals surface area contributed by atoms with E-state index in [9.17, 15) is 4.79 Å². The topological polar surface area (TPSA) is 49.6 Å². The van der Waals surface area contributed by atoms with Crippen molar-refractivity contribution in [1.29, 1.82) is 0 Å². The predicted molar refractivity (Wildman–Crippen MR) is 90.8 cm³/mol. The minimum atomic E-state index is 0. The molecule has 0 spiro atoms. The number of likely N-dealkylation sites (tertiary alicyclic amines) is 1. The summed E-state index contributed by atoms with van der Waals surface area (Å²) in [7, 11) is 1.99. The molecule has 0 radical (unpaired) electrons. The van der Waals surface area contributed by atoms with Gasteiger partial charge in [0.1, 0.15) is 5.65 Å². The number of aromatic nitrogens is 2. The molecule has 3 rings (SSSR count). The number of rotatable bonds is 4. The van der Waals surface area contributed by atoms with Gasteiger partial charge in [-0.3, -0.25) is 14.1 Å². The first-order chi connectivity index (χ1) is 10.2. The molecule has 3 heterocycles. The van der Waals surface area contributed by atoms with Crippen molar-refractivity contribution in [3.8, 4) is 0 Å². The lowest BCUT2D eigenvalue weighted by atomic mass is 10.2. The van der Waals surface area contributed by atoms with Crippen molar-refractivity contribution in [2.24, 2.45) is 0 Å². The van der Waals surface area contributed by atoms with Crippen LogP contribution >= 0.6 is 12.4 Å². The monoisotopic (exact) mass is 322 g/mol. The number of aryl methyl sites for hydroxylation is 1. The van der Waals surface area contributed by atoms with Gasteiger partial charge in [0.25, 0.3) is 5.56 Å². The maximum absolute atomic E-state index is 12.2. The molecule has 2 aromatic heterocycles. The molecule has 1 fully saturated rings. The number of pyridine rings is 1. The smallest absolute Gasteiger partial charge is 0.258 e. The predicted octanol–water partition coefficient (Wildman–Crippen LogP) is 1.61. The Kier molecular flexibility index (Phi) is 5.56.